The van der Waals surface area contributed by atoms with E-state index in [1.54, 1.807) is 31.6 Å². The van der Waals surface area contributed by atoms with Crippen molar-refractivity contribution in [3.8, 4) is 11.5 Å². The Morgan fingerprint density at radius 3 is 2.39 bits per heavy atom. The molecule has 2 aromatic rings. The summed E-state index contributed by atoms with van der Waals surface area (Å²) in [5.74, 6) is 1.50. The molecular formula is C27H39N3O5S. The van der Waals surface area contributed by atoms with Crippen LogP contribution in [0.5, 0.6) is 11.5 Å². The Hall–Kier alpha value is -2.17. The first-order valence-electron chi connectivity index (χ1n) is 12.7. The van der Waals surface area contributed by atoms with Gasteiger partial charge in [-0.1, -0.05) is 24.3 Å². The molecule has 1 unspecified atom stereocenters. The molecule has 9 heteroatoms. The Kier molecular flexibility index (Phi) is 8.90. The zero-order chi connectivity index (χ0) is 25.7. The predicted molar refractivity (Wildman–Crippen MR) is 140 cm³/mol. The van der Waals surface area contributed by atoms with Crippen molar-refractivity contribution in [2.75, 3.05) is 34.4 Å². The van der Waals surface area contributed by atoms with Crippen molar-refractivity contribution in [3.63, 3.8) is 0 Å². The molecule has 198 valence electrons. The quantitative estimate of drug-likeness (QED) is 0.502. The summed E-state index contributed by atoms with van der Waals surface area (Å²) < 4.78 is 41.2. The van der Waals surface area contributed by atoms with E-state index in [1.165, 1.54) is 9.87 Å². The molecule has 2 atom stereocenters. The van der Waals surface area contributed by atoms with Crippen molar-refractivity contribution >= 4 is 10.2 Å². The van der Waals surface area contributed by atoms with Crippen LogP contribution in [-0.4, -0.2) is 74.7 Å². The number of nitrogens with zero attached hydrogens (tertiary/aromatic N) is 2. The predicted octanol–water partition coefficient (Wildman–Crippen LogP) is 3.48. The molecule has 0 bridgehead atoms. The molecule has 2 aliphatic rings. The van der Waals surface area contributed by atoms with E-state index < -0.39 is 10.2 Å². The summed E-state index contributed by atoms with van der Waals surface area (Å²) in [6.45, 7) is 1.53. The van der Waals surface area contributed by atoms with Gasteiger partial charge in [0, 0.05) is 32.7 Å². The summed E-state index contributed by atoms with van der Waals surface area (Å²) in [6.07, 6.45) is 4.87. The number of aromatic hydroxyl groups is 1. The Bertz CT molecular complexity index is 1080. The number of rotatable bonds is 10. The molecule has 4 rings (SSSR count). The van der Waals surface area contributed by atoms with Gasteiger partial charge in [-0.15, -0.1) is 0 Å². The number of phenols is 1. The number of methoxy groups -OCH3 is 1. The molecule has 2 fully saturated rings. The average molecular weight is 518 g/mol. The van der Waals surface area contributed by atoms with E-state index in [0.717, 1.165) is 50.0 Å². The SMILES string of the molecule is COc1ccc(CN([C@H]2CCNC2COC2CCC(c3cccc(O)c3)CC2)S(=O)(=O)N(C)C)cc1. The van der Waals surface area contributed by atoms with Gasteiger partial charge in [0.25, 0.3) is 10.2 Å². The Morgan fingerprint density at radius 2 is 1.75 bits per heavy atom. The summed E-state index contributed by atoms with van der Waals surface area (Å²) in [5, 5.41) is 13.3. The van der Waals surface area contributed by atoms with Gasteiger partial charge in [-0.3, -0.25) is 0 Å². The zero-order valence-electron chi connectivity index (χ0n) is 21.5. The minimum atomic E-state index is -3.63. The first-order chi connectivity index (χ1) is 17.3. The summed E-state index contributed by atoms with van der Waals surface area (Å²) in [6, 6.07) is 14.8. The summed E-state index contributed by atoms with van der Waals surface area (Å²) in [4.78, 5) is 0. The van der Waals surface area contributed by atoms with Gasteiger partial charge in [-0.25, -0.2) is 0 Å². The standard InChI is InChI=1S/C27H39N3O5S/c1-29(2)36(32,33)30(18-20-7-11-24(34-3)12-8-20)27-15-16-28-26(27)19-35-25-13-9-21(10-14-25)22-5-4-6-23(31)17-22/h4-8,11-12,17,21,25-28,31H,9-10,13-16,18-19H2,1-3H3/t21?,25?,26?,27-/m0/s1. The molecule has 1 saturated carbocycles. The van der Waals surface area contributed by atoms with Crippen LogP contribution < -0.4 is 10.1 Å². The van der Waals surface area contributed by atoms with Gasteiger partial charge in [0.15, 0.2) is 0 Å². The van der Waals surface area contributed by atoms with Crippen LogP contribution in [0, 0.1) is 0 Å². The second-order valence-corrected chi connectivity index (χ2v) is 12.1. The van der Waals surface area contributed by atoms with Crippen molar-refractivity contribution in [1.82, 2.24) is 13.9 Å². The number of hydrogen-bond donors (Lipinski definition) is 2. The van der Waals surface area contributed by atoms with Crippen molar-refractivity contribution in [1.29, 1.82) is 0 Å². The van der Waals surface area contributed by atoms with Crippen LogP contribution in [0.25, 0.3) is 0 Å². The van der Waals surface area contributed by atoms with E-state index >= 15 is 0 Å². The topological polar surface area (TPSA) is 91.3 Å². The fourth-order valence-corrected chi connectivity index (χ4v) is 6.67. The maximum atomic E-state index is 13.3. The highest BCUT2D eigenvalue weighted by Crippen LogP contribution is 2.35. The van der Waals surface area contributed by atoms with Crippen LogP contribution in [0.2, 0.25) is 0 Å². The molecule has 0 amide bonds. The van der Waals surface area contributed by atoms with E-state index in [1.807, 2.05) is 36.4 Å². The summed E-state index contributed by atoms with van der Waals surface area (Å²) >= 11 is 0. The van der Waals surface area contributed by atoms with Gasteiger partial charge < -0.3 is 19.9 Å². The molecule has 8 nitrogen and oxygen atoms in total. The maximum absolute atomic E-state index is 13.3. The van der Waals surface area contributed by atoms with Crippen LogP contribution in [0.3, 0.4) is 0 Å². The van der Waals surface area contributed by atoms with Gasteiger partial charge in [0.1, 0.15) is 11.5 Å². The molecule has 2 N–H and O–H groups in total. The van der Waals surface area contributed by atoms with Gasteiger partial charge >= 0.3 is 0 Å². The lowest BCUT2D eigenvalue weighted by molar-refractivity contribution is 0.00779. The minimum Gasteiger partial charge on any atom is -0.508 e. The van der Waals surface area contributed by atoms with Crippen molar-refractivity contribution in [3.05, 3.63) is 59.7 Å². The van der Waals surface area contributed by atoms with E-state index in [4.69, 9.17) is 9.47 Å². The third-order valence-corrected chi connectivity index (χ3v) is 9.38. The Morgan fingerprint density at radius 1 is 1.03 bits per heavy atom. The second-order valence-electron chi connectivity index (χ2n) is 10.0. The van der Waals surface area contributed by atoms with Gasteiger partial charge in [-0.05, 0) is 80.0 Å². The molecule has 36 heavy (non-hydrogen) atoms. The number of hydrogen-bond acceptors (Lipinski definition) is 6. The van der Waals surface area contributed by atoms with Crippen molar-refractivity contribution in [2.45, 2.75) is 62.8 Å². The van der Waals surface area contributed by atoms with Crippen molar-refractivity contribution in [2.24, 2.45) is 0 Å². The fourth-order valence-electron chi connectivity index (χ4n) is 5.34. The Labute approximate surface area is 215 Å². The van der Waals surface area contributed by atoms with Crippen LogP contribution in [-0.2, 0) is 21.5 Å². The smallest absolute Gasteiger partial charge is 0.282 e. The molecule has 1 aliphatic heterocycles. The number of nitrogens with one attached hydrogen (secondary N) is 1. The highest BCUT2D eigenvalue weighted by Gasteiger charge is 2.40. The normalized spacial score (nSPS) is 24.9. The van der Waals surface area contributed by atoms with Gasteiger partial charge in [0.2, 0.25) is 0 Å². The largest absolute Gasteiger partial charge is 0.508 e. The van der Waals surface area contributed by atoms with E-state index in [0.29, 0.717) is 24.8 Å². The van der Waals surface area contributed by atoms with Crippen LogP contribution in [0.15, 0.2) is 48.5 Å². The van der Waals surface area contributed by atoms with Gasteiger partial charge in [-0.2, -0.15) is 17.0 Å². The molecule has 0 spiro atoms. The van der Waals surface area contributed by atoms with E-state index in [2.05, 4.69) is 11.4 Å². The van der Waals surface area contributed by atoms with Gasteiger partial charge in [0.05, 0.1) is 19.8 Å². The maximum Gasteiger partial charge on any atom is 0.282 e. The number of benzene rings is 2. The van der Waals surface area contributed by atoms with E-state index in [9.17, 15) is 13.5 Å². The van der Waals surface area contributed by atoms with Crippen LogP contribution >= 0.6 is 0 Å². The number of phenolic OH excluding ortho intramolecular Hbond substituents is 1. The molecule has 1 saturated heterocycles. The fraction of sp³-hybridized carbons (Fsp3) is 0.556. The third-order valence-electron chi connectivity index (χ3n) is 7.46. The lowest BCUT2D eigenvalue weighted by atomic mass is 9.82. The minimum absolute atomic E-state index is 0.0678. The highest BCUT2D eigenvalue weighted by molar-refractivity contribution is 7.86. The average Bonchev–Trinajstić information content (AvgIpc) is 3.34. The Balaban J connectivity index is 1.38. The molecule has 0 radical (unpaired) electrons. The number of ether oxygens (including phenoxy) is 2. The molecular weight excluding hydrogens is 478 g/mol. The monoisotopic (exact) mass is 517 g/mol. The lowest BCUT2D eigenvalue weighted by Gasteiger charge is -2.35. The van der Waals surface area contributed by atoms with Crippen molar-refractivity contribution < 1.29 is 23.0 Å². The second kappa shape index (κ2) is 11.9. The zero-order valence-corrected chi connectivity index (χ0v) is 22.3. The summed E-state index contributed by atoms with van der Waals surface area (Å²) in [5.41, 5.74) is 2.10. The first kappa shape index (κ1) is 26.9. The highest BCUT2D eigenvalue weighted by atomic mass is 32.2. The molecule has 1 aliphatic carbocycles. The third kappa shape index (κ3) is 6.39. The molecule has 2 aromatic carbocycles. The lowest BCUT2D eigenvalue weighted by Crippen LogP contribution is -2.51. The van der Waals surface area contributed by atoms with Crippen LogP contribution in [0.1, 0.15) is 49.1 Å². The molecule has 1 heterocycles. The summed E-state index contributed by atoms with van der Waals surface area (Å²) in [7, 11) is 1.14. The van der Waals surface area contributed by atoms with Crippen LogP contribution in [0.4, 0.5) is 0 Å². The molecule has 0 aromatic heterocycles. The van der Waals surface area contributed by atoms with E-state index in [-0.39, 0.29) is 18.2 Å². The first-order valence-corrected chi connectivity index (χ1v) is 14.1.